The molecule has 0 saturated carbocycles. The standard InChI is InChI=1S/C68H41NO2/c1-2-18-42(19-3-1)67(55-28-10-4-20-45(55)46-21-5-11-29-56(46)67)60-33-16-26-53-52-39-37-44(41-64(52)71-65(53)60)69(62-34-17-27-54-51-25-9-15-35-63(51)70-66(54)62)43-36-38-50-49-24-8-14-32-59(49)68(61(50)40-43)57-30-12-6-22-47(57)48-23-7-13-31-58(48)68/h1-41H. The third-order valence-corrected chi connectivity index (χ3v) is 16.2. The summed E-state index contributed by atoms with van der Waals surface area (Å²) in [6.45, 7) is 0. The van der Waals surface area contributed by atoms with Crippen molar-refractivity contribution in [2.24, 2.45) is 0 Å². The fourth-order valence-electron chi connectivity index (χ4n) is 13.5. The Morgan fingerprint density at radius 3 is 1.34 bits per heavy atom. The molecule has 16 rings (SSSR count). The molecule has 0 fully saturated rings. The van der Waals surface area contributed by atoms with E-state index >= 15 is 0 Å². The lowest BCUT2D eigenvalue weighted by atomic mass is 9.67. The number of hydrogen-bond donors (Lipinski definition) is 0. The van der Waals surface area contributed by atoms with E-state index in [4.69, 9.17) is 8.83 Å². The summed E-state index contributed by atoms with van der Waals surface area (Å²) in [7, 11) is 0. The van der Waals surface area contributed by atoms with Crippen molar-refractivity contribution in [1.29, 1.82) is 0 Å². The van der Waals surface area contributed by atoms with E-state index in [1.54, 1.807) is 0 Å². The van der Waals surface area contributed by atoms with E-state index in [1.807, 2.05) is 6.07 Å². The van der Waals surface area contributed by atoms with Crippen LogP contribution < -0.4 is 4.90 Å². The van der Waals surface area contributed by atoms with Crippen LogP contribution in [0.15, 0.2) is 258 Å². The molecule has 3 aliphatic carbocycles. The molecule has 11 aromatic carbocycles. The summed E-state index contributed by atoms with van der Waals surface area (Å²) in [4.78, 5) is 2.39. The highest BCUT2D eigenvalue weighted by molar-refractivity contribution is 6.12. The van der Waals surface area contributed by atoms with Gasteiger partial charge in [-0.2, -0.15) is 0 Å². The maximum absolute atomic E-state index is 7.39. The van der Waals surface area contributed by atoms with Crippen molar-refractivity contribution in [3.8, 4) is 33.4 Å². The molecule has 0 aliphatic heterocycles. The Labute approximate surface area is 410 Å². The molecule has 330 valence electrons. The number of nitrogens with zero attached hydrogens (tertiary/aromatic N) is 1. The van der Waals surface area contributed by atoms with Crippen molar-refractivity contribution in [2.75, 3.05) is 4.90 Å². The molecular weight excluding hydrogens is 863 g/mol. The lowest BCUT2D eigenvalue weighted by Gasteiger charge is -2.33. The van der Waals surface area contributed by atoms with Crippen LogP contribution in [0.25, 0.3) is 77.3 Å². The van der Waals surface area contributed by atoms with E-state index in [0.29, 0.717) is 0 Å². The first kappa shape index (κ1) is 38.8. The van der Waals surface area contributed by atoms with Crippen LogP contribution in [0, 0.1) is 0 Å². The van der Waals surface area contributed by atoms with Gasteiger partial charge >= 0.3 is 0 Å². The van der Waals surface area contributed by atoms with Crippen LogP contribution in [-0.2, 0) is 10.8 Å². The topological polar surface area (TPSA) is 29.5 Å². The maximum atomic E-state index is 7.39. The second-order valence-electron chi connectivity index (χ2n) is 19.4. The van der Waals surface area contributed by atoms with Gasteiger partial charge < -0.3 is 13.7 Å². The molecule has 0 bridgehead atoms. The number of para-hydroxylation sites is 3. The molecular formula is C68H41NO2. The van der Waals surface area contributed by atoms with Crippen LogP contribution in [0.3, 0.4) is 0 Å². The minimum atomic E-state index is -0.608. The summed E-state index contributed by atoms with van der Waals surface area (Å²) < 4.78 is 14.3. The maximum Gasteiger partial charge on any atom is 0.159 e. The molecule has 13 aromatic rings. The van der Waals surface area contributed by atoms with Crippen molar-refractivity contribution < 1.29 is 8.83 Å². The Kier molecular flexibility index (Phi) is 7.75. The van der Waals surface area contributed by atoms with Crippen LogP contribution in [0.2, 0.25) is 0 Å². The molecule has 71 heavy (non-hydrogen) atoms. The van der Waals surface area contributed by atoms with Crippen molar-refractivity contribution in [1.82, 2.24) is 0 Å². The normalized spacial score (nSPS) is 14.1. The monoisotopic (exact) mass is 903 g/mol. The highest BCUT2D eigenvalue weighted by atomic mass is 16.3. The molecule has 3 aliphatic rings. The third kappa shape index (κ3) is 4.92. The number of fused-ring (bicyclic) bond motifs is 19. The molecule has 3 nitrogen and oxygen atoms in total. The van der Waals surface area contributed by atoms with Gasteiger partial charge in [-0.05, 0) is 109 Å². The van der Waals surface area contributed by atoms with Gasteiger partial charge in [-0.1, -0.05) is 206 Å². The molecule has 1 spiro atoms. The van der Waals surface area contributed by atoms with Crippen LogP contribution in [0.1, 0.15) is 44.5 Å². The predicted octanol–water partition coefficient (Wildman–Crippen LogP) is 17.7. The summed E-state index contributed by atoms with van der Waals surface area (Å²) in [6, 6.07) is 91.3. The summed E-state index contributed by atoms with van der Waals surface area (Å²) in [6.07, 6.45) is 0. The SMILES string of the molecule is c1ccc(C2(c3cccc4c3oc3cc(N(c5ccc6c(c5)C5(c7ccccc7-c7ccccc75)c5ccccc5-6)c5cccc6c5oc5ccccc56)ccc34)c3ccccc3-c3ccccc32)cc1. The number of rotatable bonds is 5. The first-order chi connectivity index (χ1) is 35.2. The average molecular weight is 904 g/mol. The molecule has 0 atom stereocenters. The fraction of sp³-hybridized carbons (Fsp3) is 0.0294. The van der Waals surface area contributed by atoms with Crippen LogP contribution in [0.4, 0.5) is 17.1 Å². The Hall–Kier alpha value is -9.18. The van der Waals surface area contributed by atoms with Crippen LogP contribution >= 0.6 is 0 Å². The van der Waals surface area contributed by atoms with Gasteiger partial charge in [-0.3, -0.25) is 0 Å². The number of hydrogen-bond acceptors (Lipinski definition) is 3. The number of benzene rings is 11. The Morgan fingerprint density at radius 2 is 0.704 bits per heavy atom. The highest BCUT2D eigenvalue weighted by Gasteiger charge is 2.52. The predicted molar refractivity (Wildman–Crippen MR) is 289 cm³/mol. The van der Waals surface area contributed by atoms with Crippen LogP contribution in [0.5, 0.6) is 0 Å². The molecule has 0 amide bonds. The van der Waals surface area contributed by atoms with Gasteiger partial charge in [0.25, 0.3) is 0 Å². The molecule has 2 aromatic heterocycles. The first-order valence-electron chi connectivity index (χ1n) is 24.6. The quantitative estimate of drug-likeness (QED) is 0.172. The van der Waals surface area contributed by atoms with Gasteiger partial charge in [-0.25, -0.2) is 0 Å². The molecule has 0 N–H and O–H groups in total. The number of furan rings is 2. The first-order valence-corrected chi connectivity index (χ1v) is 24.6. The Balaban J connectivity index is 0.958. The smallest absolute Gasteiger partial charge is 0.159 e. The zero-order valence-corrected chi connectivity index (χ0v) is 38.4. The zero-order valence-electron chi connectivity index (χ0n) is 38.4. The van der Waals surface area contributed by atoms with Crippen molar-refractivity contribution >= 4 is 60.9 Å². The highest BCUT2D eigenvalue weighted by Crippen LogP contribution is 2.64. The fourth-order valence-corrected chi connectivity index (χ4v) is 13.5. The Bertz CT molecular complexity index is 4270. The van der Waals surface area contributed by atoms with Crippen molar-refractivity contribution in [2.45, 2.75) is 10.8 Å². The third-order valence-electron chi connectivity index (χ3n) is 16.2. The van der Waals surface area contributed by atoms with Gasteiger partial charge in [0, 0.05) is 38.9 Å². The lowest BCUT2D eigenvalue weighted by Crippen LogP contribution is -2.28. The van der Waals surface area contributed by atoms with E-state index < -0.39 is 10.8 Å². The van der Waals surface area contributed by atoms with E-state index in [1.165, 1.54) is 72.3 Å². The zero-order chi connectivity index (χ0) is 46.4. The van der Waals surface area contributed by atoms with Gasteiger partial charge in [0.15, 0.2) is 5.58 Å². The van der Waals surface area contributed by atoms with Gasteiger partial charge in [0.2, 0.25) is 0 Å². The van der Waals surface area contributed by atoms with E-state index in [0.717, 1.165) is 66.5 Å². The molecule has 3 heteroatoms. The number of anilines is 3. The van der Waals surface area contributed by atoms with E-state index in [-0.39, 0.29) is 0 Å². The molecule has 2 heterocycles. The van der Waals surface area contributed by atoms with Crippen molar-refractivity contribution in [3.63, 3.8) is 0 Å². The molecule has 0 unspecified atom stereocenters. The second-order valence-corrected chi connectivity index (χ2v) is 19.4. The minimum Gasteiger partial charge on any atom is -0.456 e. The van der Waals surface area contributed by atoms with E-state index in [2.05, 4.69) is 248 Å². The summed E-state index contributed by atoms with van der Waals surface area (Å²) in [5.41, 5.74) is 22.9. The largest absolute Gasteiger partial charge is 0.456 e. The van der Waals surface area contributed by atoms with Gasteiger partial charge in [-0.15, -0.1) is 0 Å². The second kappa shape index (κ2) is 14.2. The Morgan fingerprint density at radius 1 is 0.268 bits per heavy atom. The van der Waals surface area contributed by atoms with Crippen molar-refractivity contribution in [3.05, 3.63) is 293 Å². The summed E-state index contributed by atoms with van der Waals surface area (Å²) in [5.74, 6) is 0. The van der Waals surface area contributed by atoms with E-state index in [9.17, 15) is 0 Å². The van der Waals surface area contributed by atoms with Gasteiger partial charge in [0.1, 0.15) is 16.7 Å². The molecule has 0 saturated heterocycles. The van der Waals surface area contributed by atoms with Gasteiger partial charge in [0.05, 0.1) is 22.2 Å². The average Bonchev–Trinajstić information content (AvgIpc) is 4.23. The lowest BCUT2D eigenvalue weighted by molar-refractivity contribution is 0.648. The molecule has 0 radical (unpaired) electrons. The summed E-state index contributed by atoms with van der Waals surface area (Å²) >= 11 is 0. The summed E-state index contributed by atoms with van der Waals surface area (Å²) in [5, 5.41) is 4.32. The minimum absolute atomic E-state index is 0.503. The van der Waals surface area contributed by atoms with Crippen LogP contribution in [-0.4, -0.2) is 0 Å².